The van der Waals surface area contributed by atoms with Crippen LogP contribution in [0.2, 0.25) is 10.0 Å². The molecule has 28 heavy (non-hydrogen) atoms. The highest BCUT2D eigenvalue weighted by atomic mass is 35.5. The normalized spacial score (nSPS) is 14.8. The number of ether oxygens (including phenoxy) is 3. The third kappa shape index (κ3) is 6.26. The number of hydrogen-bond acceptors (Lipinski definition) is 3. The minimum atomic E-state index is 0.361. The summed E-state index contributed by atoms with van der Waals surface area (Å²) in [5.41, 5.74) is 2.10. The van der Waals surface area contributed by atoms with Gasteiger partial charge in [-0.25, -0.2) is 0 Å². The molecule has 3 N–H and O–H groups in total. The van der Waals surface area contributed by atoms with Crippen molar-refractivity contribution in [2.24, 2.45) is 0 Å². The summed E-state index contributed by atoms with van der Waals surface area (Å²) >= 11 is 12.2. The number of nitrogens with one attached hydrogen (secondary N) is 1. The zero-order chi connectivity index (χ0) is 19.8. The monoisotopic (exact) mass is 426 g/mol. The van der Waals surface area contributed by atoms with Crippen molar-refractivity contribution in [3.8, 4) is 11.5 Å². The molecule has 0 aromatic heterocycles. The minimum Gasteiger partial charge on any atom is -0.493 e. The first-order valence-corrected chi connectivity index (χ1v) is 10.4. The number of quaternary nitrogens is 2. The Morgan fingerprint density at radius 2 is 1.89 bits per heavy atom. The first kappa shape index (κ1) is 21.2. The first-order chi connectivity index (χ1) is 13.7. The van der Waals surface area contributed by atoms with Crippen molar-refractivity contribution in [2.75, 3.05) is 46.5 Å². The third-order valence-corrected chi connectivity index (χ3v) is 5.50. The van der Waals surface area contributed by atoms with E-state index in [-0.39, 0.29) is 0 Å². The predicted molar refractivity (Wildman–Crippen MR) is 111 cm³/mol. The summed E-state index contributed by atoms with van der Waals surface area (Å²) in [5.74, 6) is 1.44. The Hall–Kier alpha value is -1.50. The van der Waals surface area contributed by atoms with Gasteiger partial charge in [0.2, 0.25) is 0 Å². The van der Waals surface area contributed by atoms with Crippen LogP contribution in [0.25, 0.3) is 0 Å². The summed E-state index contributed by atoms with van der Waals surface area (Å²) in [5, 5.41) is 3.55. The number of benzene rings is 2. The molecule has 1 aliphatic heterocycles. The maximum atomic E-state index is 6.21. The van der Waals surface area contributed by atoms with Crippen LogP contribution in [0.3, 0.4) is 0 Å². The van der Waals surface area contributed by atoms with Gasteiger partial charge in [0.1, 0.15) is 39.3 Å². The number of methoxy groups -OCH3 is 1. The smallest absolute Gasteiger partial charge is 0.161 e. The average molecular weight is 427 g/mol. The van der Waals surface area contributed by atoms with Crippen LogP contribution in [0.4, 0.5) is 0 Å². The second-order valence-electron chi connectivity index (χ2n) is 6.90. The van der Waals surface area contributed by atoms with Gasteiger partial charge in [0.25, 0.3) is 0 Å². The lowest BCUT2D eigenvalue weighted by Crippen LogP contribution is -3.16. The fraction of sp³-hybridized carbons (Fsp3) is 0.429. The molecule has 0 radical (unpaired) electrons. The largest absolute Gasteiger partial charge is 0.493 e. The molecule has 3 rings (SSSR count). The van der Waals surface area contributed by atoms with Crippen LogP contribution < -0.4 is 19.7 Å². The topological polar surface area (TPSA) is 48.7 Å². The van der Waals surface area contributed by atoms with Crippen LogP contribution in [0, 0.1) is 0 Å². The maximum absolute atomic E-state index is 6.21. The van der Waals surface area contributed by atoms with Gasteiger partial charge in [0.05, 0.1) is 20.3 Å². The van der Waals surface area contributed by atoms with Crippen molar-refractivity contribution in [1.29, 1.82) is 0 Å². The van der Waals surface area contributed by atoms with Gasteiger partial charge in [-0.1, -0.05) is 29.3 Å². The van der Waals surface area contributed by atoms with Gasteiger partial charge in [-0.15, -0.1) is 0 Å². The highest BCUT2D eigenvalue weighted by molar-refractivity contribution is 6.35. The fourth-order valence-corrected chi connectivity index (χ4v) is 3.70. The summed E-state index contributed by atoms with van der Waals surface area (Å²) < 4.78 is 16.8. The minimum absolute atomic E-state index is 0.361. The van der Waals surface area contributed by atoms with Gasteiger partial charge in [-0.2, -0.15) is 0 Å². The second-order valence-corrected chi connectivity index (χ2v) is 7.75. The van der Waals surface area contributed by atoms with Crippen molar-refractivity contribution >= 4 is 23.2 Å². The van der Waals surface area contributed by atoms with E-state index in [0.717, 1.165) is 50.7 Å². The highest BCUT2D eigenvalue weighted by Gasteiger charge is 2.14. The fourth-order valence-electron chi connectivity index (χ4n) is 3.24. The molecule has 0 aliphatic carbocycles. The molecule has 0 atom stereocenters. The molecule has 0 spiro atoms. The zero-order valence-corrected chi connectivity index (χ0v) is 17.7. The Bertz CT molecular complexity index is 767. The van der Waals surface area contributed by atoms with Gasteiger partial charge in [0.15, 0.2) is 11.5 Å². The molecule has 2 aromatic rings. The molecule has 0 bridgehead atoms. The lowest BCUT2D eigenvalue weighted by Gasteiger charge is -2.22. The molecular formula is C21H28Cl2N2O3+2. The first-order valence-electron chi connectivity index (χ1n) is 9.62. The van der Waals surface area contributed by atoms with Crippen LogP contribution in [-0.4, -0.2) is 46.5 Å². The van der Waals surface area contributed by atoms with E-state index in [9.17, 15) is 0 Å². The molecule has 1 saturated heterocycles. The van der Waals surface area contributed by atoms with Crippen molar-refractivity contribution in [3.05, 3.63) is 57.6 Å². The van der Waals surface area contributed by atoms with Gasteiger partial charge in [-0.3, -0.25) is 0 Å². The molecule has 1 fully saturated rings. The molecule has 1 heterocycles. The summed E-state index contributed by atoms with van der Waals surface area (Å²) in [6.45, 7) is 7.55. The van der Waals surface area contributed by atoms with Crippen LogP contribution in [-0.2, 0) is 17.9 Å². The Labute approximate surface area is 176 Å². The van der Waals surface area contributed by atoms with E-state index < -0.39 is 0 Å². The van der Waals surface area contributed by atoms with E-state index in [1.807, 2.05) is 18.2 Å². The summed E-state index contributed by atoms with van der Waals surface area (Å²) in [4.78, 5) is 1.63. The van der Waals surface area contributed by atoms with Crippen LogP contribution in [0.1, 0.15) is 11.1 Å². The number of halogens is 2. The molecular weight excluding hydrogens is 399 g/mol. The van der Waals surface area contributed by atoms with Crippen molar-refractivity contribution in [3.63, 3.8) is 0 Å². The molecule has 7 heteroatoms. The van der Waals surface area contributed by atoms with Crippen LogP contribution in [0.5, 0.6) is 11.5 Å². The Morgan fingerprint density at radius 1 is 1.07 bits per heavy atom. The van der Waals surface area contributed by atoms with Crippen molar-refractivity contribution in [2.45, 2.75) is 13.2 Å². The molecule has 0 amide bonds. The van der Waals surface area contributed by atoms with Crippen LogP contribution in [0.15, 0.2) is 36.4 Å². The quantitative estimate of drug-likeness (QED) is 0.598. The summed E-state index contributed by atoms with van der Waals surface area (Å²) in [6.07, 6.45) is 0. The Morgan fingerprint density at radius 3 is 2.64 bits per heavy atom. The summed E-state index contributed by atoms with van der Waals surface area (Å²) in [7, 11) is 1.66. The molecule has 0 saturated carbocycles. The van der Waals surface area contributed by atoms with Crippen molar-refractivity contribution in [1.82, 2.24) is 0 Å². The standard InChI is InChI=1S/C21H26Cl2N2O3/c1-26-21-12-16(14-24-6-7-25-8-10-27-11-9-25)2-5-20(21)28-15-17-3-4-18(22)13-19(17)23/h2-5,12-13,24H,6-11,14-15H2,1H3/p+2. The van der Waals surface area contributed by atoms with Gasteiger partial charge < -0.3 is 24.4 Å². The molecule has 5 nitrogen and oxygen atoms in total. The maximum Gasteiger partial charge on any atom is 0.161 e. The van der Waals surface area contributed by atoms with E-state index in [1.165, 1.54) is 12.1 Å². The van der Waals surface area contributed by atoms with E-state index >= 15 is 0 Å². The van der Waals surface area contributed by atoms with Gasteiger partial charge >= 0.3 is 0 Å². The van der Waals surface area contributed by atoms with Gasteiger partial charge in [0, 0.05) is 21.2 Å². The van der Waals surface area contributed by atoms with Gasteiger partial charge in [-0.05, 0) is 30.3 Å². The van der Waals surface area contributed by atoms with Crippen molar-refractivity contribution < 1.29 is 24.4 Å². The predicted octanol–water partition coefficient (Wildman–Crippen LogP) is 1.56. The lowest BCUT2D eigenvalue weighted by atomic mass is 10.2. The third-order valence-electron chi connectivity index (χ3n) is 4.91. The number of rotatable bonds is 9. The van der Waals surface area contributed by atoms with E-state index in [4.69, 9.17) is 37.4 Å². The summed E-state index contributed by atoms with van der Waals surface area (Å²) in [6, 6.07) is 11.5. The number of nitrogens with two attached hydrogens (primary N) is 1. The molecule has 152 valence electrons. The SMILES string of the molecule is COc1cc(C[NH2+]CC[NH+]2CCOCC2)ccc1OCc1ccc(Cl)cc1Cl. The Balaban J connectivity index is 1.50. The number of morpholine rings is 1. The average Bonchev–Trinajstić information content (AvgIpc) is 2.72. The lowest BCUT2D eigenvalue weighted by molar-refractivity contribution is -0.920. The van der Waals surface area contributed by atoms with Crippen LogP contribution >= 0.6 is 23.2 Å². The Kier molecular flexibility index (Phi) is 8.25. The second kappa shape index (κ2) is 10.9. The molecule has 1 aliphatic rings. The number of hydrogen-bond donors (Lipinski definition) is 2. The van der Waals surface area contributed by atoms with E-state index in [1.54, 1.807) is 24.1 Å². The van der Waals surface area contributed by atoms with E-state index in [2.05, 4.69) is 11.4 Å². The highest BCUT2D eigenvalue weighted by Crippen LogP contribution is 2.30. The molecule has 2 aromatic carbocycles. The molecule has 0 unspecified atom stereocenters. The zero-order valence-electron chi connectivity index (χ0n) is 16.2. The van der Waals surface area contributed by atoms with E-state index in [0.29, 0.717) is 22.4 Å².